The van der Waals surface area contributed by atoms with Gasteiger partial charge in [0.2, 0.25) is 0 Å². The van der Waals surface area contributed by atoms with Crippen LogP contribution in [0.2, 0.25) is 0 Å². The molecule has 0 fully saturated rings. The number of aromatic carboxylic acids is 1. The van der Waals surface area contributed by atoms with E-state index in [2.05, 4.69) is 4.74 Å². The average molecular weight is 389 g/mol. The Morgan fingerprint density at radius 1 is 1.11 bits per heavy atom. The molecule has 1 aliphatic heterocycles. The zero-order valence-electron chi connectivity index (χ0n) is 16.3. The predicted octanol–water partition coefficient (Wildman–Crippen LogP) is 3.86. The lowest BCUT2D eigenvalue weighted by Gasteiger charge is -2.20. The molecule has 2 aromatic carbocycles. The minimum atomic E-state index is -5.02. The highest BCUT2D eigenvalue weighted by molar-refractivity contribution is 5.92. The number of halogens is 3. The van der Waals surface area contributed by atoms with Crippen LogP contribution in [-0.2, 0) is 0 Å². The quantitative estimate of drug-likeness (QED) is 0.831. The minimum Gasteiger partial charge on any atom is -0.493 e. The maximum absolute atomic E-state index is 12.5. The number of rotatable bonds is 5. The van der Waals surface area contributed by atoms with Crippen LogP contribution in [0.25, 0.3) is 0 Å². The molecule has 0 amide bonds. The molecule has 0 spiro atoms. The van der Waals surface area contributed by atoms with E-state index >= 15 is 0 Å². The number of carboxylic acid groups (broad SMARTS) is 1. The number of fused-ring (bicyclic) bond motifs is 1. The highest BCUT2D eigenvalue weighted by Crippen LogP contribution is 2.41. The Kier molecular flexibility index (Phi) is 3.92. The normalized spacial score (nSPS) is 15.1. The van der Waals surface area contributed by atoms with Crippen molar-refractivity contribution in [1.82, 2.24) is 0 Å². The second-order valence-electron chi connectivity index (χ2n) is 5.16. The lowest BCUT2D eigenvalue weighted by atomic mass is 10.1. The highest BCUT2D eigenvalue weighted by atomic mass is 19.4. The monoisotopic (exact) mass is 389 g/mol. The van der Waals surface area contributed by atoms with E-state index in [0.717, 1.165) is 18.2 Å². The van der Waals surface area contributed by atoms with Crippen molar-refractivity contribution in [3.63, 3.8) is 0 Å². The van der Waals surface area contributed by atoms with Crippen molar-refractivity contribution < 1.29 is 50.9 Å². The Morgan fingerprint density at radius 3 is 2.44 bits per heavy atom. The van der Waals surface area contributed by atoms with Crippen molar-refractivity contribution in [2.75, 3.05) is 20.3 Å². The molecule has 0 saturated carbocycles. The van der Waals surface area contributed by atoms with Crippen molar-refractivity contribution in [2.24, 2.45) is 0 Å². The van der Waals surface area contributed by atoms with Gasteiger partial charge in [-0.15, -0.1) is 13.2 Å². The van der Waals surface area contributed by atoms with Gasteiger partial charge in [0.1, 0.15) is 30.3 Å². The van der Waals surface area contributed by atoms with Gasteiger partial charge in [-0.05, 0) is 12.1 Å². The predicted molar refractivity (Wildman–Crippen MR) is 84.1 cm³/mol. The van der Waals surface area contributed by atoms with E-state index in [9.17, 15) is 23.1 Å². The first-order valence-corrected chi connectivity index (χ1v) is 7.35. The molecule has 1 heterocycles. The summed E-state index contributed by atoms with van der Waals surface area (Å²) >= 11 is 0. The largest absolute Gasteiger partial charge is 0.573 e. The molecule has 0 atom stereocenters. The van der Waals surface area contributed by atoms with Gasteiger partial charge in [-0.2, -0.15) is 0 Å². The van der Waals surface area contributed by atoms with Crippen LogP contribution in [0.4, 0.5) is 13.2 Å². The Bertz CT molecular complexity index is 961. The smallest absolute Gasteiger partial charge is 0.493 e. The summed E-state index contributed by atoms with van der Waals surface area (Å²) in [5.74, 6) is -3.06. The Morgan fingerprint density at radius 2 is 1.81 bits per heavy atom. The second kappa shape index (κ2) is 7.14. The number of ether oxygens (including phenoxy) is 5. The molecule has 27 heavy (non-hydrogen) atoms. The Hall–Kier alpha value is -3.30. The van der Waals surface area contributed by atoms with Gasteiger partial charge in [0, 0.05) is 18.2 Å². The summed E-state index contributed by atoms with van der Waals surface area (Å²) < 4.78 is 83.6. The second-order valence-corrected chi connectivity index (χ2v) is 5.16. The van der Waals surface area contributed by atoms with Crippen LogP contribution in [0, 0.1) is 0 Å². The first-order valence-electron chi connectivity index (χ1n) is 8.85. The molecule has 0 aliphatic carbocycles. The van der Waals surface area contributed by atoms with Gasteiger partial charge in [-0.25, -0.2) is 4.79 Å². The number of hydrogen-bond donors (Lipinski definition) is 1. The molecule has 1 N–H and O–H groups in total. The van der Waals surface area contributed by atoms with Crippen LogP contribution in [0.5, 0.6) is 34.5 Å². The summed E-state index contributed by atoms with van der Waals surface area (Å²) in [6, 6.07) is 4.82. The molecule has 1 aliphatic rings. The van der Waals surface area contributed by atoms with Crippen LogP contribution < -0.4 is 23.7 Å². The van der Waals surface area contributed by atoms with E-state index in [1.807, 2.05) is 0 Å². The van der Waals surface area contributed by atoms with Gasteiger partial charge < -0.3 is 28.8 Å². The third-order valence-corrected chi connectivity index (χ3v) is 3.35. The average Bonchev–Trinajstić information content (AvgIpc) is 2.60. The molecule has 7 nitrogen and oxygen atoms in total. The third-order valence-electron chi connectivity index (χ3n) is 3.35. The number of carboxylic acids is 1. The van der Waals surface area contributed by atoms with E-state index in [4.69, 9.17) is 23.1 Å². The fourth-order valence-corrected chi connectivity index (χ4v) is 2.29. The van der Waals surface area contributed by atoms with Gasteiger partial charge in [0.05, 0.1) is 11.2 Å². The summed E-state index contributed by atoms with van der Waals surface area (Å²) in [6.07, 6.45) is -5.02. The number of methoxy groups -OCH3 is 1. The molecule has 0 aromatic heterocycles. The Balaban J connectivity index is 2.01. The molecule has 3 rings (SSSR count). The van der Waals surface area contributed by atoms with Crippen LogP contribution in [0.3, 0.4) is 0 Å². The molecule has 2 aromatic rings. The lowest BCUT2D eigenvalue weighted by molar-refractivity contribution is -0.274. The van der Waals surface area contributed by atoms with Gasteiger partial charge >= 0.3 is 12.3 Å². The van der Waals surface area contributed by atoms with Crippen molar-refractivity contribution in [3.8, 4) is 34.5 Å². The lowest BCUT2D eigenvalue weighted by Crippen LogP contribution is -2.17. The van der Waals surface area contributed by atoms with Gasteiger partial charge in [-0.1, -0.05) is 0 Å². The van der Waals surface area contributed by atoms with Crippen LogP contribution in [-0.4, -0.2) is 37.7 Å². The molecule has 0 unspecified atom stereocenters. The van der Waals surface area contributed by atoms with E-state index < -0.39 is 30.9 Å². The standard InChI is InChI=1S/C17H13F3O7/c1-23-13-6-9(27-17(18,19)20)2-3-11(13)26-12-8-15-14(24-4-5-25-15)7-10(12)16(21)22/h2-3,6-8H,4-5H2,1H3,(H,21,22)/i1D3. The third kappa shape index (κ3) is 4.27. The summed E-state index contributed by atoms with van der Waals surface area (Å²) in [4.78, 5) is 11.6. The van der Waals surface area contributed by atoms with Gasteiger partial charge in [0.15, 0.2) is 23.0 Å². The molecular formula is C17H13F3O7. The molecular weight excluding hydrogens is 373 g/mol. The maximum atomic E-state index is 12.5. The molecule has 0 bridgehead atoms. The topological polar surface area (TPSA) is 83.5 Å². The number of hydrogen-bond acceptors (Lipinski definition) is 6. The van der Waals surface area contributed by atoms with Crippen LogP contribution in [0.1, 0.15) is 14.5 Å². The van der Waals surface area contributed by atoms with Gasteiger partial charge in [-0.3, -0.25) is 0 Å². The maximum Gasteiger partial charge on any atom is 0.573 e. The molecule has 10 heteroatoms. The zero-order valence-corrected chi connectivity index (χ0v) is 13.3. The zero-order chi connectivity index (χ0) is 22.1. The molecule has 144 valence electrons. The Labute approximate surface area is 155 Å². The number of benzene rings is 2. The summed E-state index contributed by atoms with van der Waals surface area (Å²) in [7, 11) is -3.03. The number of carbonyl (C=O) groups is 1. The number of alkyl halides is 3. The van der Waals surface area contributed by atoms with Crippen LogP contribution >= 0.6 is 0 Å². The fourth-order valence-electron chi connectivity index (χ4n) is 2.29. The summed E-state index contributed by atoms with van der Waals surface area (Å²) in [5.41, 5.74) is -0.352. The first kappa shape index (κ1) is 14.8. The van der Waals surface area contributed by atoms with E-state index in [1.54, 1.807) is 0 Å². The van der Waals surface area contributed by atoms with E-state index in [1.165, 1.54) is 6.07 Å². The van der Waals surface area contributed by atoms with Crippen molar-refractivity contribution >= 4 is 5.97 Å². The SMILES string of the molecule is [2H]C([2H])([2H])Oc1cc(OC(F)(F)F)ccc1Oc1cc2c(cc1C(=O)O)OCCO2. The molecule has 0 radical (unpaired) electrons. The van der Waals surface area contributed by atoms with Gasteiger partial charge in [0.25, 0.3) is 0 Å². The highest BCUT2D eigenvalue weighted by Gasteiger charge is 2.31. The van der Waals surface area contributed by atoms with Crippen molar-refractivity contribution in [3.05, 3.63) is 35.9 Å². The van der Waals surface area contributed by atoms with E-state index in [0.29, 0.717) is 6.07 Å². The van der Waals surface area contributed by atoms with E-state index in [-0.39, 0.29) is 41.8 Å². The fraction of sp³-hybridized carbons (Fsp3) is 0.235. The molecule has 0 saturated heterocycles. The summed E-state index contributed by atoms with van der Waals surface area (Å²) in [5, 5.41) is 9.43. The first-order chi connectivity index (χ1) is 13.9. The summed E-state index contributed by atoms with van der Waals surface area (Å²) in [6.45, 7) is 0.416. The van der Waals surface area contributed by atoms with Crippen LogP contribution in [0.15, 0.2) is 30.3 Å². The van der Waals surface area contributed by atoms with Crippen molar-refractivity contribution in [1.29, 1.82) is 0 Å². The minimum absolute atomic E-state index is 0.166. The van der Waals surface area contributed by atoms with Crippen molar-refractivity contribution in [2.45, 2.75) is 6.36 Å².